The van der Waals surface area contributed by atoms with E-state index >= 15 is 0 Å². The van der Waals surface area contributed by atoms with Gasteiger partial charge in [-0.15, -0.1) is 0 Å². The first-order chi connectivity index (χ1) is 13.2. The summed E-state index contributed by atoms with van der Waals surface area (Å²) in [5, 5.41) is 0. The lowest BCUT2D eigenvalue weighted by molar-refractivity contribution is -0.140. The first kappa shape index (κ1) is 17.5. The Morgan fingerprint density at radius 2 is 1.41 bits per heavy atom. The van der Waals surface area contributed by atoms with Crippen molar-refractivity contribution in [2.75, 3.05) is 11.9 Å². The largest absolute Gasteiger partial charge is 0.339 e. The molecule has 0 unspecified atom stereocenters. The highest BCUT2D eigenvalue weighted by molar-refractivity contribution is 6.36. The fraction of sp³-hybridized carbons (Fsp3) is 0.304. The van der Waals surface area contributed by atoms with Gasteiger partial charge in [0, 0.05) is 18.8 Å². The third kappa shape index (κ3) is 3.16. The monoisotopic (exact) mass is 360 g/mol. The van der Waals surface area contributed by atoms with E-state index in [1.54, 1.807) is 0 Å². The molecule has 138 valence electrons. The third-order valence-electron chi connectivity index (χ3n) is 5.57. The summed E-state index contributed by atoms with van der Waals surface area (Å²) in [5.74, 6) is -0.326. The van der Waals surface area contributed by atoms with Crippen LogP contribution in [0.1, 0.15) is 37.7 Å². The second-order valence-corrected chi connectivity index (χ2v) is 7.26. The van der Waals surface area contributed by atoms with Crippen LogP contribution in [0.4, 0.5) is 5.69 Å². The van der Waals surface area contributed by atoms with Gasteiger partial charge in [-0.3, -0.25) is 14.5 Å². The van der Waals surface area contributed by atoms with Crippen molar-refractivity contribution < 1.29 is 9.59 Å². The summed E-state index contributed by atoms with van der Waals surface area (Å²) in [6.07, 6.45) is 5.14. The summed E-state index contributed by atoms with van der Waals surface area (Å²) in [4.78, 5) is 30.2. The summed E-state index contributed by atoms with van der Waals surface area (Å²) < 4.78 is 0. The lowest BCUT2D eigenvalue weighted by atomic mass is 9.94. The Morgan fingerprint density at radius 1 is 0.815 bits per heavy atom. The van der Waals surface area contributed by atoms with Crippen molar-refractivity contribution in [3.63, 3.8) is 0 Å². The molecule has 0 atom stereocenters. The lowest BCUT2D eigenvalue weighted by Crippen LogP contribution is -2.43. The van der Waals surface area contributed by atoms with Crippen molar-refractivity contribution in [1.29, 1.82) is 0 Å². The topological polar surface area (TPSA) is 40.6 Å². The summed E-state index contributed by atoms with van der Waals surface area (Å²) >= 11 is 0. The molecule has 0 spiro atoms. The molecule has 4 heteroatoms. The average molecular weight is 360 g/mol. The van der Waals surface area contributed by atoms with E-state index in [9.17, 15) is 9.59 Å². The highest BCUT2D eigenvalue weighted by atomic mass is 16.2. The number of anilines is 1. The Kier molecular flexibility index (Phi) is 4.80. The lowest BCUT2D eigenvalue weighted by Gasteiger charge is -2.30. The van der Waals surface area contributed by atoms with Gasteiger partial charge >= 0.3 is 0 Å². The fourth-order valence-electron chi connectivity index (χ4n) is 4.16. The van der Waals surface area contributed by atoms with Gasteiger partial charge in [0.15, 0.2) is 0 Å². The summed E-state index contributed by atoms with van der Waals surface area (Å²) in [5.41, 5.74) is 2.68. The number of benzene rings is 2. The predicted octanol–water partition coefficient (Wildman–Crippen LogP) is 4.24. The number of likely N-dealkylation sites (N-methyl/N-ethyl adjacent to an activating group) is 1. The van der Waals surface area contributed by atoms with Crippen LogP contribution >= 0.6 is 0 Å². The predicted molar refractivity (Wildman–Crippen MR) is 107 cm³/mol. The molecule has 0 saturated heterocycles. The van der Waals surface area contributed by atoms with E-state index in [0.29, 0.717) is 11.3 Å². The number of hydrogen-bond donors (Lipinski definition) is 0. The van der Waals surface area contributed by atoms with Gasteiger partial charge in [-0.05, 0) is 30.5 Å². The standard InChI is InChI=1S/C23H24N2O2/c1-24(18-13-7-3-8-14-18)21-20(17-11-5-2-6-12-17)22(26)25(23(21)27)19-15-9-4-10-16-19/h2-3,5-8,11-14,19H,4,9-10,15-16H2,1H3. The molecule has 0 radical (unpaired) electrons. The van der Waals surface area contributed by atoms with Crippen LogP contribution in [0.3, 0.4) is 0 Å². The fourth-order valence-corrected chi connectivity index (χ4v) is 4.16. The van der Waals surface area contributed by atoms with E-state index in [1.807, 2.05) is 72.6 Å². The number of imide groups is 1. The Bertz CT molecular complexity index is 868. The summed E-state index contributed by atoms with van der Waals surface area (Å²) in [6, 6.07) is 19.3. The maximum Gasteiger partial charge on any atom is 0.278 e. The molecule has 4 nitrogen and oxygen atoms in total. The quantitative estimate of drug-likeness (QED) is 0.766. The van der Waals surface area contributed by atoms with Gasteiger partial charge in [-0.1, -0.05) is 67.8 Å². The van der Waals surface area contributed by atoms with Gasteiger partial charge in [0.2, 0.25) is 0 Å². The first-order valence-electron chi connectivity index (χ1n) is 9.65. The average Bonchev–Trinajstić information content (AvgIpc) is 2.99. The Labute approximate surface area is 160 Å². The van der Waals surface area contributed by atoms with Crippen molar-refractivity contribution in [2.45, 2.75) is 38.1 Å². The number of hydrogen-bond acceptors (Lipinski definition) is 3. The van der Waals surface area contributed by atoms with Crippen LogP contribution in [0.15, 0.2) is 66.4 Å². The Balaban J connectivity index is 1.80. The summed E-state index contributed by atoms with van der Waals surface area (Å²) in [7, 11) is 1.86. The minimum atomic E-state index is -0.169. The molecule has 0 aromatic heterocycles. The minimum Gasteiger partial charge on any atom is -0.339 e. The van der Waals surface area contributed by atoms with Gasteiger partial charge in [-0.25, -0.2) is 0 Å². The second kappa shape index (κ2) is 7.39. The van der Waals surface area contributed by atoms with Gasteiger partial charge in [-0.2, -0.15) is 0 Å². The summed E-state index contributed by atoms with van der Waals surface area (Å²) in [6.45, 7) is 0. The molecular formula is C23H24N2O2. The van der Waals surface area contributed by atoms with Crippen LogP contribution < -0.4 is 4.90 Å². The SMILES string of the molecule is CN(C1=C(c2ccccc2)C(=O)N(C2CCCCC2)C1=O)c1ccccc1. The molecular weight excluding hydrogens is 336 g/mol. The molecule has 4 rings (SSSR count). The zero-order valence-corrected chi connectivity index (χ0v) is 15.6. The van der Waals surface area contributed by atoms with Crippen LogP contribution in [0.25, 0.3) is 5.57 Å². The van der Waals surface area contributed by atoms with E-state index in [2.05, 4.69) is 0 Å². The minimum absolute atomic E-state index is 0.0131. The Hall–Kier alpha value is -2.88. The van der Waals surface area contributed by atoms with E-state index in [4.69, 9.17) is 0 Å². The third-order valence-corrected chi connectivity index (χ3v) is 5.57. The Morgan fingerprint density at radius 3 is 2.04 bits per heavy atom. The molecule has 0 N–H and O–H groups in total. The van der Waals surface area contributed by atoms with Crippen molar-refractivity contribution in [3.05, 3.63) is 71.9 Å². The van der Waals surface area contributed by atoms with Gasteiger partial charge < -0.3 is 4.90 Å². The van der Waals surface area contributed by atoms with Crippen LogP contribution in [0, 0.1) is 0 Å². The maximum absolute atomic E-state index is 13.4. The molecule has 1 saturated carbocycles. The van der Waals surface area contributed by atoms with Gasteiger partial charge in [0.1, 0.15) is 5.70 Å². The smallest absolute Gasteiger partial charge is 0.278 e. The zero-order chi connectivity index (χ0) is 18.8. The molecule has 1 heterocycles. The molecule has 2 aliphatic rings. The number of carbonyl (C=O) groups excluding carboxylic acids is 2. The van der Waals surface area contributed by atoms with Crippen molar-refractivity contribution in [1.82, 2.24) is 4.90 Å². The number of carbonyl (C=O) groups is 2. The number of rotatable bonds is 4. The zero-order valence-electron chi connectivity index (χ0n) is 15.6. The molecule has 27 heavy (non-hydrogen) atoms. The van der Waals surface area contributed by atoms with Gasteiger partial charge in [0.05, 0.1) is 5.57 Å². The van der Waals surface area contributed by atoms with Crippen LogP contribution in [0.5, 0.6) is 0 Å². The highest BCUT2D eigenvalue weighted by Crippen LogP contribution is 2.36. The first-order valence-corrected chi connectivity index (χ1v) is 9.65. The second-order valence-electron chi connectivity index (χ2n) is 7.26. The number of nitrogens with zero attached hydrogens (tertiary/aromatic N) is 2. The van der Waals surface area contributed by atoms with Crippen LogP contribution in [-0.2, 0) is 9.59 Å². The molecule has 1 aliphatic heterocycles. The highest BCUT2D eigenvalue weighted by Gasteiger charge is 2.44. The van der Waals surface area contributed by atoms with Crippen molar-refractivity contribution >= 4 is 23.1 Å². The van der Waals surface area contributed by atoms with E-state index in [-0.39, 0.29) is 17.9 Å². The van der Waals surface area contributed by atoms with E-state index < -0.39 is 0 Å². The molecule has 2 aromatic rings. The maximum atomic E-state index is 13.4. The van der Waals surface area contributed by atoms with E-state index in [1.165, 1.54) is 11.3 Å². The molecule has 2 aromatic carbocycles. The number of para-hydroxylation sites is 1. The molecule has 0 bridgehead atoms. The normalized spacial score (nSPS) is 18.3. The van der Waals surface area contributed by atoms with Crippen LogP contribution in [-0.4, -0.2) is 29.8 Å². The molecule has 2 amide bonds. The number of amides is 2. The van der Waals surface area contributed by atoms with E-state index in [0.717, 1.165) is 36.9 Å². The van der Waals surface area contributed by atoms with Gasteiger partial charge in [0.25, 0.3) is 11.8 Å². The van der Waals surface area contributed by atoms with Crippen molar-refractivity contribution in [3.8, 4) is 0 Å². The van der Waals surface area contributed by atoms with Crippen LogP contribution in [0.2, 0.25) is 0 Å². The molecule has 1 aliphatic carbocycles. The molecule has 1 fully saturated rings. The van der Waals surface area contributed by atoms with Crippen molar-refractivity contribution in [2.24, 2.45) is 0 Å².